The molecule has 0 saturated carbocycles. The predicted molar refractivity (Wildman–Crippen MR) is 71.1 cm³/mol. The summed E-state index contributed by atoms with van der Waals surface area (Å²) < 4.78 is 1.41. The molecule has 1 N–H and O–H groups in total. The number of hydrogen-bond donors (Lipinski definition) is 1. The van der Waals surface area contributed by atoms with E-state index in [4.69, 9.17) is 5.11 Å². The van der Waals surface area contributed by atoms with Gasteiger partial charge in [0.25, 0.3) is 0 Å². The Morgan fingerprint density at radius 1 is 1.37 bits per heavy atom. The highest BCUT2D eigenvalue weighted by Gasteiger charge is 2.22. The van der Waals surface area contributed by atoms with Gasteiger partial charge in [-0.05, 0) is 25.8 Å². The molecule has 1 unspecified atom stereocenters. The summed E-state index contributed by atoms with van der Waals surface area (Å²) in [6.07, 6.45) is 3.33. The van der Waals surface area contributed by atoms with Gasteiger partial charge in [0.15, 0.2) is 5.69 Å². The van der Waals surface area contributed by atoms with Crippen LogP contribution in [0.4, 0.5) is 0 Å². The molecule has 0 aliphatic rings. The van der Waals surface area contributed by atoms with Crippen LogP contribution in [-0.4, -0.2) is 44.8 Å². The van der Waals surface area contributed by atoms with Gasteiger partial charge in [-0.1, -0.05) is 13.8 Å². The first-order valence-electron chi connectivity index (χ1n) is 6.58. The molecule has 1 rings (SSSR count). The number of carbonyl (C=O) groups is 2. The third-order valence-electron chi connectivity index (χ3n) is 2.88. The second-order valence-electron chi connectivity index (χ2n) is 4.49. The maximum atomic E-state index is 12.3. The van der Waals surface area contributed by atoms with E-state index in [9.17, 15) is 9.59 Å². The number of amides is 1. The number of nitrogens with zero attached hydrogens (tertiary/aromatic N) is 3. The van der Waals surface area contributed by atoms with Gasteiger partial charge in [0, 0.05) is 19.3 Å². The molecule has 1 aromatic rings. The Balaban J connectivity index is 2.81. The van der Waals surface area contributed by atoms with E-state index in [0.29, 0.717) is 13.1 Å². The van der Waals surface area contributed by atoms with E-state index in [0.717, 1.165) is 12.8 Å². The number of carboxylic acids is 1. The normalized spacial score (nSPS) is 12.2. The quantitative estimate of drug-likeness (QED) is 0.817. The van der Waals surface area contributed by atoms with Crippen molar-refractivity contribution in [1.29, 1.82) is 0 Å². The van der Waals surface area contributed by atoms with E-state index in [1.54, 1.807) is 11.8 Å². The fraction of sp³-hybridized carbons (Fsp3) is 0.615. The lowest BCUT2D eigenvalue weighted by molar-refractivity contribution is -0.134. The van der Waals surface area contributed by atoms with Gasteiger partial charge >= 0.3 is 5.97 Å². The lowest BCUT2D eigenvalue weighted by Gasteiger charge is -2.25. The molecular weight excluding hydrogens is 246 g/mol. The molecule has 0 radical (unpaired) electrons. The summed E-state index contributed by atoms with van der Waals surface area (Å²) in [6.45, 7) is 7.21. The molecule has 1 aromatic heterocycles. The molecule has 0 spiro atoms. The number of aromatic nitrogens is 2. The van der Waals surface area contributed by atoms with Crippen molar-refractivity contribution < 1.29 is 14.7 Å². The van der Waals surface area contributed by atoms with E-state index < -0.39 is 12.0 Å². The summed E-state index contributed by atoms with van der Waals surface area (Å²) in [5, 5.41) is 12.7. The molecule has 0 aromatic carbocycles. The van der Waals surface area contributed by atoms with Crippen molar-refractivity contribution in [3.8, 4) is 0 Å². The minimum Gasteiger partial charge on any atom is -0.476 e. The lowest BCUT2D eigenvalue weighted by Crippen LogP contribution is -2.37. The highest BCUT2D eigenvalue weighted by molar-refractivity contribution is 5.85. The van der Waals surface area contributed by atoms with E-state index in [1.807, 2.05) is 13.8 Å². The second kappa shape index (κ2) is 6.92. The minimum atomic E-state index is -1.09. The molecule has 1 atom stereocenters. The standard InChI is InChI=1S/C13H21N3O3/c1-4-7-15(8-5-2)12(17)10(3)16-9-6-11(14-16)13(18)19/h6,9-10H,4-5,7-8H2,1-3H3,(H,18,19). The fourth-order valence-electron chi connectivity index (χ4n) is 1.92. The highest BCUT2D eigenvalue weighted by atomic mass is 16.4. The lowest BCUT2D eigenvalue weighted by atomic mass is 10.2. The molecule has 1 amide bonds. The summed E-state index contributed by atoms with van der Waals surface area (Å²) >= 11 is 0. The Morgan fingerprint density at radius 2 is 1.95 bits per heavy atom. The largest absolute Gasteiger partial charge is 0.476 e. The smallest absolute Gasteiger partial charge is 0.356 e. The summed E-state index contributed by atoms with van der Waals surface area (Å²) in [4.78, 5) is 24.9. The first-order valence-corrected chi connectivity index (χ1v) is 6.58. The first-order chi connectivity index (χ1) is 9.01. The van der Waals surface area contributed by atoms with Gasteiger partial charge in [0.05, 0.1) is 0 Å². The van der Waals surface area contributed by atoms with Gasteiger partial charge in [0.1, 0.15) is 6.04 Å². The van der Waals surface area contributed by atoms with Gasteiger partial charge in [-0.15, -0.1) is 0 Å². The number of hydrogen-bond acceptors (Lipinski definition) is 3. The van der Waals surface area contributed by atoms with Crippen LogP contribution in [0.2, 0.25) is 0 Å². The van der Waals surface area contributed by atoms with Crippen molar-refractivity contribution >= 4 is 11.9 Å². The van der Waals surface area contributed by atoms with Crippen LogP contribution in [0.5, 0.6) is 0 Å². The molecule has 19 heavy (non-hydrogen) atoms. The molecule has 6 nitrogen and oxygen atoms in total. The van der Waals surface area contributed by atoms with E-state index in [1.165, 1.54) is 16.9 Å². The van der Waals surface area contributed by atoms with Crippen molar-refractivity contribution in [2.45, 2.75) is 39.7 Å². The van der Waals surface area contributed by atoms with Crippen molar-refractivity contribution in [3.63, 3.8) is 0 Å². The van der Waals surface area contributed by atoms with Gasteiger partial charge in [-0.25, -0.2) is 4.79 Å². The van der Waals surface area contributed by atoms with Crippen LogP contribution >= 0.6 is 0 Å². The number of rotatable bonds is 7. The van der Waals surface area contributed by atoms with E-state index in [-0.39, 0.29) is 11.6 Å². The summed E-state index contributed by atoms with van der Waals surface area (Å²) in [6, 6.07) is 0.919. The molecule has 106 valence electrons. The van der Waals surface area contributed by atoms with Gasteiger partial charge < -0.3 is 10.0 Å². The zero-order valence-electron chi connectivity index (χ0n) is 11.7. The van der Waals surface area contributed by atoms with Crippen LogP contribution < -0.4 is 0 Å². The van der Waals surface area contributed by atoms with Crippen LogP contribution in [-0.2, 0) is 4.79 Å². The molecule has 1 heterocycles. The van der Waals surface area contributed by atoms with Crippen LogP contribution in [0.25, 0.3) is 0 Å². The summed E-state index contributed by atoms with van der Waals surface area (Å²) in [5.41, 5.74) is -0.0443. The van der Waals surface area contributed by atoms with Crippen LogP contribution in [0, 0.1) is 0 Å². The first kappa shape index (κ1) is 15.2. The second-order valence-corrected chi connectivity index (χ2v) is 4.49. The third-order valence-corrected chi connectivity index (χ3v) is 2.88. The number of aromatic carboxylic acids is 1. The molecule has 0 fully saturated rings. The summed E-state index contributed by atoms with van der Waals surface area (Å²) in [7, 11) is 0. The van der Waals surface area contributed by atoms with E-state index >= 15 is 0 Å². The Morgan fingerprint density at radius 3 is 2.37 bits per heavy atom. The number of carbonyl (C=O) groups excluding carboxylic acids is 1. The monoisotopic (exact) mass is 267 g/mol. The Hall–Kier alpha value is -1.85. The fourth-order valence-corrected chi connectivity index (χ4v) is 1.92. The predicted octanol–water partition coefficient (Wildman–Crippen LogP) is 1.79. The van der Waals surface area contributed by atoms with Crippen LogP contribution in [0.15, 0.2) is 12.3 Å². The SMILES string of the molecule is CCCN(CCC)C(=O)C(C)n1ccc(C(=O)O)n1. The minimum absolute atomic E-state index is 0.0243. The molecule has 0 aliphatic heterocycles. The van der Waals surface area contributed by atoms with E-state index in [2.05, 4.69) is 5.10 Å². The van der Waals surface area contributed by atoms with Gasteiger partial charge in [-0.2, -0.15) is 5.10 Å². The Labute approximate surface area is 113 Å². The average Bonchev–Trinajstić information content (AvgIpc) is 2.86. The molecular formula is C13H21N3O3. The van der Waals surface area contributed by atoms with Gasteiger partial charge in [-0.3, -0.25) is 9.48 Å². The third kappa shape index (κ3) is 3.81. The highest BCUT2D eigenvalue weighted by Crippen LogP contribution is 2.11. The zero-order chi connectivity index (χ0) is 14.4. The molecule has 0 saturated heterocycles. The molecule has 6 heteroatoms. The zero-order valence-corrected chi connectivity index (χ0v) is 11.7. The topological polar surface area (TPSA) is 75.4 Å². The van der Waals surface area contributed by atoms with Crippen LogP contribution in [0.1, 0.15) is 50.1 Å². The van der Waals surface area contributed by atoms with Crippen LogP contribution in [0.3, 0.4) is 0 Å². The van der Waals surface area contributed by atoms with Crippen molar-refractivity contribution in [3.05, 3.63) is 18.0 Å². The van der Waals surface area contributed by atoms with Crippen molar-refractivity contribution in [2.24, 2.45) is 0 Å². The average molecular weight is 267 g/mol. The summed E-state index contributed by atoms with van der Waals surface area (Å²) in [5.74, 6) is -1.11. The molecule has 0 aliphatic carbocycles. The maximum Gasteiger partial charge on any atom is 0.356 e. The maximum absolute atomic E-state index is 12.3. The van der Waals surface area contributed by atoms with Gasteiger partial charge in [0.2, 0.25) is 5.91 Å². The number of carboxylic acid groups (broad SMARTS) is 1. The molecule has 0 bridgehead atoms. The Bertz CT molecular complexity index is 436. The van der Waals surface area contributed by atoms with Crippen molar-refractivity contribution in [2.75, 3.05) is 13.1 Å². The van der Waals surface area contributed by atoms with Crippen molar-refractivity contribution in [1.82, 2.24) is 14.7 Å². The Kier molecular flexibility index (Phi) is 5.54.